The SMILES string of the molecule is CCNC(=NCCc1cn2cccc(C)c2n1)N(C)CCOc1ccccc1.I. The van der Waals surface area contributed by atoms with Crippen LogP contribution in [-0.4, -0.2) is 53.5 Å². The van der Waals surface area contributed by atoms with Crippen LogP contribution in [0.5, 0.6) is 5.75 Å². The van der Waals surface area contributed by atoms with E-state index in [-0.39, 0.29) is 24.0 Å². The van der Waals surface area contributed by atoms with Gasteiger partial charge < -0.3 is 19.4 Å². The topological polar surface area (TPSA) is 54.2 Å². The van der Waals surface area contributed by atoms with Crippen molar-refractivity contribution in [1.82, 2.24) is 19.6 Å². The molecule has 0 fully saturated rings. The molecule has 3 rings (SSSR count). The van der Waals surface area contributed by atoms with Crippen molar-refractivity contribution in [3.63, 3.8) is 0 Å². The molecule has 29 heavy (non-hydrogen) atoms. The minimum absolute atomic E-state index is 0. The highest BCUT2D eigenvalue weighted by molar-refractivity contribution is 14.0. The van der Waals surface area contributed by atoms with E-state index in [1.54, 1.807) is 0 Å². The van der Waals surface area contributed by atoms with E-state index in [0.717, 1.165) is 42.6 Å². The smallest absolute Gasteiger partial charge is 0.193 e. The van der Waals surface area contributed by atoms with Gasteiger partial charge in [-0.15, -0.1) is 24.0 Å². The Bertz CT molecular complexity index is 910. The number of nitrogens with zero attached hydrogens (tertiary/aromatic N) is 4. The summed E-state index contributed by atoms with van der Waals surface area (Å²) in [6, 6.07) is 14.0. The summed E-state index contributed by atoms with van der Waals surface area (Å²) in [5.74, 6) is 1.78. The molecule has 0 aliphatic heterocycles. The Labute approximate surface area is 190 Å². The standard InChI is InChI=1S/C22H29N5O.HI/c1-4-23-22(26(3)15-16-28-20-10-6-5-7-11-20)24-13-12-19-17-27-14-8-9-18(2)21(27)25-19;/h5-11,14,17H,4,12-13,15-16H2,1-3H3,(H,23,24);1H. The fourth-order valence-electron chi connectivity index (χ4n) is 2.99. The summed E-state index contributed by atoms with van der Waals surface area (Å²) >= 11 is 0. The number of ether oxygens (including phenoxy) is 1. The molecule has 7 heteroatoms. The van der Waals surface area contributed by atoms with E-state index in [4.69, 9.17) is 14.7 Å². The predicted octanol–water partition coefficient (Wildman–Crippen LogP) is 3.78. The molecule has 6 nitrogen and oxygen atoms in total. The number of fused-ring (bicyclic) bond motifs is 1. The van der Waals surface area contributed by atoms with Crippen LogP contribution in [0.15, 0.2) is 59.9 Å². The van der Waals surface area contributed by atoms with E-state index in [2.05, 4.69) is 40.7 Å². The Morgan fingerprint density at radius 2 is 2.00 bits per heavy atom. The lowest BCUT2D eigenvalue weighted by Crippen LogP contribution is -2.41. The average molecular weight is 507 g/mol. The lowest BCUT2D eigenvalue weighted by molar-refractivity contribution is 0.281. The molecule has 0 bridgehead atoms. The molecule has 0 spiro atoms. The molecule has 0 atom stereocenters. The van der Waals surface area contributed by atoms with Gasteiger partial charge in [0.15, 0.2) is 5.96 Å². The molecule has 0 saturated carbocycles. The van der Waals surface area contributed by atoms with Crippen molar-refractivity contribution in [1.29, 1.82) is 0 Å². The predicted molar refractivity (Wildman–Crippen MR) is 130 cm³/mol. The van der Waals surface area contributed by atoms with Crippen LogP contribution < -0.4 is 10.1 Å². The zero-order valence-corrected chi connectivity index (χ0v) is 19.7. The van der Waals surface area contributed by atoms with Crippen LogP contribution in [0.4, 0.5) is 0 Å². The van der Waals surface area contributed by atoms with E-state index < -0.39 is 0 Å². The van der Waals surface area contributed by atoms with Crippen molar-refractivity contribution < 1.29 is 4.74 Å². The number of halogens is 1. The van der Waals surface area contributed by atoms with Crippen LogP contribution in [0.1, 0.15) is 18.2 Å². The molecule has 0 radical (unpaired) electrons. The molecular formula is C22H30IN5O. The maximum atomic E-state index is 5.79. The van der Waals surface area contributed by atoms with E-state index >= 15 is 0 Å². The molecule has 0 amide bonds. The normalized spacial score (nSPS) is 11.2. The van der Waals surface area contributed by atoms with E-state index in [0.29, 0.717) is 13.2 Å². The Morgan fingerprint density at radius 1 is 1.21 bits per heavy atom. The zero-order chi connectivity index (χ0) is 19.8. The van der Waals surface area contributed by atoms with Gasteiger partial charge in [0.2, 0.25) is 0 Å². The molecule has 1 N–H and O–H groups in total. The van der Waals surface area contributed by atoms with Crippen LogP contribution >= 0.6 is 24.0 Å². The quantitative estimate of drug-likeness (QED) is 0.287. The van der Waals surface area contributed by atoms with Crippen LogP contribution in [0, 0.1) is 6.92 Å². The number of rotatable bonds is 8. The number of benzene rings is 1. The summed E-state index contributed by atoms with van der Waals surface area (Å²) < 4.78 is 7.86. The van der Waals surface area contributed by atoms with Gasteiger partial charge in [0, 0.05) is 39.0 Å². The number of hydrogen-bond acceptors (Lipinski definition) is 3. The number of guanidine groups is 1. The zero-order valence-electron chi connectivity index (χ0n) is 17.3. The van der Waals surface area contributed by atoms with Crippen LogP contribution in [0.3, 0.4) is 0 Å². The second-order valence-corrected chi connectivity index (χ2v) is 6.72. The van der Waals surface area contributed by atoms with Crippen molar-refractivity contribution >= 4 is 35.6 Å². The number of imidazole rings is 1. The van der Waals surface area contributed by atoms with Crippen LogP contribution in [0.2, 0.25) is 0 Å². The molecule has 2 heterocycles. The number of likely N-dealkylation sites (N-methyl/N-ethyl adjacent to an activating group) is 1. The van der Waals surface area contributed by atoms with Gasteiger partial charge in [-0.05, 0) is 37.6 Å². The first-order chi connectivity index (χ1) is 13.7. The average Bonchev–Trinajstić information content (AvgIpc) is 3.12. The number of hydrogen-bond donors (Lipinski definition) is 1. The second-order valence-electron chi connectivity index (χ2n) is 6.72. The second kappa shape index (κ2) is 11.6. The van der Waals surface area contributed by atoms with Gasteiger partial charge in [0.05, 0.1) is 12.2 Å². The third-order valence-corrected chi connectivity index (χ3v) is 4.49. The van der Waals surface area contributed by atoms with E-state index in [9.17, 15) is 0 Å². The molecule has 0 unspecified atom stereocenters. The highest BCUT2D eigenvalue weighted by Crippen LogP contribution is 2.10. The van der Waals surface area contributed by atoms with Crippen molar-refractivity contribution in [2.24, 2.45) is 4.99 Å². The fraction of sp³-hybridized carbons (Fsp3) is 0.364. The highest BCUT2D eigenvalue weighted by Gasteiger charge is 2.07. The van der Waals surface area contributed by atoms with Crippen LogP contribution in [0.25, 0.3) is 5.65 Å². The first-order valence-corrected chi connectivity index (χ1v) is 9.78. The van der Waals surface area contributed by atoms with Gasteiger partial charge in [-0.2, -0.15) is 0 Å². The maximum Gasteiger partial charge on any atom is 0.193 e. The molecule has 1 aromatic carbocycles. The number of para-hydroxylation sites is 1. The third kappa shape index (κ3) is 6.62. The largest absolute Gasteiger partial charge is 0.492 e. The fourth-order valence-corrected chi connectivity index (χ4v) is 2.99. The molecule has 0 saturated heterocycles. The lowest BCUT2D eigenvalue weighted by atomic mass is 10.3. The number of aromatic nitrogens is 2. The molecule has 2 aromatic heterocycles. The molecule has 3 aromatic rings. The molecule has 0 aliphatic rings. The van der Waals surface area contributed by atoms with Gasteiger partial charge in [-0.3, -0.25) is 4.99 Å². The first-order valence-electron chi connectivity index (χ1n) is 9.78. The number of pyridine rings is 1. The van der Waals surface area contributed by atoms with Gasteiger partial charge >= 0.3 is 0 Å². The third-order valence-electron chi connectivity index (χ3n) is 4.49. The summed E-state index contributed by atoms with van der Waals surface area (Å²) in [6.45, 7) is 7.05. The van der Waals surface area contributed by atoms with Gasteiger partial charge in [-0.1, -0.05) is 24.3 Å². The number of aryl methyl sites for hydroxylation is 1. The Balaban J connectivity index is 0.00000300. The van der Waals surface area contributed by atoms with Crippen molar-refractivity contribution in [2.75, 3.05) is 33.3 Å². The summed E-state index contributed by atoms with van der Waals surface area (Å²) in [5.41, 5.74) is 3.26. The summed E-state index contributed by atoms with van der Waals surface area (Å²) in [4.78, 5) is 11.6. The van der Waals surface area contributed by atoms with E-state index in [1.165, 1.54) is 5.56 Å². The van der Waals surface area contributed by atoms with Crippen LogP contribution in [-0.2, 0) is 6.42 Å². The maximum absolute atomic E-state index is 5.79. The highest BCUT2D eigenvalue weighted by atomic mass is 127. The minimum atomic E-state index is 0. The molecular weight excluding hydrogens is 477 g/mol. The molecule has 0 aliphatic carbocycles. The number of nitrogens with one attached hydrogen (secondary N) is 1. The first kappa shape index (κ1) is 23.0. The number of aliphatic imine (C=N–C) groups is 1. The van der Waals surface area contributed by atoms with Gasteiger partial charge in [0.25, 0.3) is 0 Å². The lowest BCUT2D eigenvalue weighted by Gasteiger charge is -2.22. The van der Waals surface area contributed by atoms with Crippen molar-refractivity contribution in [2.45, 2.75) is 20.3 Å². The summed E-state index contributed by atoms with van der Waals surface area (Å²) in [5, 5.41) is 3.35. The Kier molecular flexibility index (Phi) is 9.24. The van der Waals surface area contributed by atoms with Gasteiger partial charge in [-0.25, -0.2) is 4.98 Å². The van der Waals surface area contributed by atoms with Gasteiger partial charge in [0.1, 0.15) is 18.0 Å². The van der Waals surface area contributed by atoms with E-state index in [1.807, 2.05) is 49.6 Å². The monoisotopic (exact) mass is 507 g/mol. The molecule has 156 valence electrons. The summed E-state index contributed by atoms with van der Waals surface area (Å²) in [6.07, 6.45) is 4.93. The summed E-state index contributed by atoms with van der Waals surface area (Å²) in [7, 11) is 2.03. The van der Waals surface area contributed by atoms with Crippen molar-refractivity contribution in [3.8, 4) is 5.75 Å². The van der Waals surface area contributed by atoms with Crippen molar-refractivity contribution in [3.05, 3.63) is 66.1 Å². The Morgan fingerprint density at radius 3 is 2.72 bits per heavy atom. The minimum Gasteiger partial charge on any atom is -0.492 e. The Hall–Kier alpha value is -2.29.